The minimum Gasteiger partial charge on any atom is -0.490 e. The molecule has 9 heteroatoms. The van der Waals surface area contributed by atoms with E-state index >= 15 is 0 Å². The highest BCUT2D eigenvalue weighted by Gasteiger charge is 2.31. The highest BCUT2D eigenvalue weighted by molar-refractivity contribution is 9.10. The normalized spacial score (nSPS) is 14.5. The number of nitrogens with zero attached hydrogens (tertiary/aromatic N) is 3. The second kappa shape index (κ2) is 9.15. The lowest BCUT2D eigenvalue weighted by atomic mass is 9.96. The van der Waals surface area contributed by atoms with Gasteiger partial charge < -0.3 is 9.64 Å². The predicted molar refractivity (Wildman–Crippen MR) is 123 cm³/mol. The number of likely N-dealkylation sites (tertiary alicyclic amines) is 1. The lowest BCUT2D eigenvalue weighted by Gasteiger charge is -2.31. The number of aromatic nitrogens is 1. The Hall–Kier alpha value is -2.78. The zero-order valence-corrected chi connectivity index (χ0v) is 19.2. The molecule has 1 aliphatic rings. The third-order valence-corrected chi connectivity index (χ3v) is 6.91. The average Bonchev–Trinajstić information content (AvgIpc) is 3.28. The van der Waals surface area contributed by atoms with Gasteiger partial charge in [0.15, 0.2) is 5.75 Å². The van der Waals surface area contributed by atoms with Crippen LogP contribution in [0, 0.1) is 10.1 Å². The van der Waals surface area contributed by atoms with Crippen molar-refractivity contribution < 1.29 is 14.5 Å². The fraction of sp³-hybridized carbons (Fsp3) is 0.273. The Morgan fingerprint density at radius 2 is 2.00 bits per heavy atom. The van der Waals surface area contributed by atoms with E-state index < -0.39 is 4.92 Å². The van der Waals surface area contributed by atoms with Gasteiger partial charge in [0.1, 0.15) is 5.56 Å². The summed E-state index contributed by atoms with van der Waals surface area (Å²) < 4.78 is 6.10. The molecular weight excluding hydrogens is 482 g/mol. The Kier molecular flexibility index (Phi) is 6.33. The predicted octanol–water partition coefficient (Wildman–Crippen LogP) is 5.51. The second-order valence-corrected chi connectivity index (χ2v) is 9.07. The van der Waals surface area contributed by atoms with Crippen molar-refractivity contribution in [1.29, 1.82) is 0 Å². The van der Waals surface area contributed by atoms with E-state index in [1.165, 1.54) is 19.2 Å². The summed E-state index contributed by atoms with van der Waals surface area (Å²) in [5.74, 6) is 0.0295. The van der Waals surface area contributed by atoms with Crippen molar-refractivity contribution in [1.82, 2.24) is 9.88 Å². The van der Waals surface area contributed by atoms with E-state index in [1.807, 2.05) is 24.3 Å². The van der Waals surface area contributed by atoms with E-state index in [2.05, 4.69) is 21.3 Å². The number of nitro benzene ring substituents is 1. The molecule has 0 N–H and O–H groups in total. The van der Waals surface area contributed by atoms with Gasteiger partial charge >= 0.3 is 5.69 Å². The van der Waals surface area contributed by atoms with Crippen molar-refractivity contribution in [2.75, 3.05) is 20.2 Å². The summed E-state index contributed by atoms with van der Waals surface area (Å²) in [7, 11) is 1.36. The van der Waals surface area contributed by atoms with Crippen molar-refractivity contribution in [3.8, 4) is 17.0 Å². The topological polar surface area (TPSA) is 85.6 Å². The first-order valence-electron chi connectivity index (χ1n) is 9.80. The number of hydrogen-bond acceptors (Lipinski definition) is 6. The molecule has 2 aromatic carbocycles. The SMILES string of the molecule is COc1cccc(C(=O)N2CCC(c3nc(-c4cccc(Br)c4)cs3)CC2)c1[N+](=O)[O-]. The summed E-state index contributed by atoms with van der Waals surface area (Å²) in [5.41, 5.74) is 1.80. The third-order valence-electron chi connectivity index (χ3n) is 5.41. The van der Waals surface area contributed by atoms with Gasteiger partial charge in [-0.15, -0.1) is 11.3 Å². The van der Waals surface area contributed by atoms with Gasteiger partial charge in [-0.05, 0) is 37.1 Å². The molecule has 1 saturated heterocycles. The number of amides is 1. The monoisotopic (exact) mass is 501 g/mol. The molecule has 0 radical (unpaired) electrons. The smallest absolute Gasteiger partial charge is 0.323 e. The number of carbonyl (C=O) groups is 1. The number of hydrogen-bond donors (Lipinski definition) is 0. The standard InChI is InChI=1S/C22H20BrN3O4S/c1-30-19-7-3-6-17(20(19)26(28)29)22(27)25-10-8-14(9-11-25)21-24-18(13-31-21)15-4-2-5-16(23)12-15/h2-7,12-14H,8-11H2,1H3. The number of methoxy groups -OCH3 is 1. The quantitative estimate of drug-likeness (QED) is 0.339. The van der Waals surface area contributed by atoms with Crippen molar-refractivity contribution in [2.24, 2.45) is 0 Å². The largest absolute Gasteiger partial charge is 0.490 e. The van der Waals surface area contributed by atoms with Crippen molar-refractivity contribution in [3.05, 3.63) is 73.0 Å². The third kappa shape index (κ3) is 4.47. The van der Waals surface area contributed by atoms with Crippen LogP contribution >= 0.6 is 27.3 Å². The Morgan fingerprint density at radius 3 is 2.68 bits per heavy atom. The van der Waals surface area contributed by atoms with Crippen LogP contribution < -0.4 is 4.74 Å². The van der Waals surface area contributed by atoms with Crippen LogP contribution in [0.1, 0.15) is 34.1 Å². The number of halogens is 1. The lowest BCUT2D eigenvalue weighted by molar-refractivity contribution is -0.386. The van der Waals surface area contributed by atoms with E-state index in [1.54, 1.807) is 22.3 Å². The molecule has 1 amide bonds. The summed E-state index contributed by atoms with van der Waals surface area (Å²) in [4.78, 5) is 30.5. The van der Waals surface area contributed by atoms with Crippen molar-refractivity contribution in [2.45, 2.75) is 18.8 Å². The van der Waals surface area contributed by atoms with Crippen LogP contribution in [-0.4, -0.2) is 40.9 Å². The van der Waals surface area contributed by atoms with E-state index in [-0.39, 0.29) is 28.8 Å². The van der Waals surface area contributed by atoms with Gasteiger partial charge in [-0.1, -0.05) is 34.1 Å². The van der Waals surface area contributed by atoms with Crippen LogP contribution in [0.2, 0.25) is 0 Å². The summed E-state index contributed by atoms with van der Waals surface area (Å²) >= 11 is 5.13. The maximum Gasteiger partial charge on any atom is 0.323 e. The molecule has 3 aromatic rings. The fourth-order valence-electron chi connectivity index (χ4n) is 3.80. The molecule has 160 valence electrons. The molecule has 0 atom stereocenters. The zero-order chi connectivity index (χ0) is 22.0. The van der Waals surface area contributed by atoms with E-state index in [4.69, 9.17) is 9.72 Å². The van der Waals surface area contributed by atoms with E-state index in [0.29, 0.717) is 13.1 Å². The van der Waals surface area contributed by atoms with Gasteiger partial charge in [0, 0.05) is 34.4 Å². The second-order valence-electron chi connectivity index (χ2n) is 7.26. The summed E-state index contributed by atoms with van der Waals surface area (Å²) in [6.07, 6.45) is 1.55. The van der Waals surface area contributed by atoms with Gasteiger partial charge in [0.2, 0.25) is 0 Å². The molecule has 4 rings (SSSR count). The number of piperidine rings is 1. The molecule has 0 unspecified atom stereocenters. The van der Waals surface area contributed by atoms with E-state index in [9.17, 15) is 14.9 Å². The molecule has 0 spiro atoms. The minimum atomic E-state index is -0.558. The first kappa shape index (κ1) is 21.5. The molecule has 1 fully saturated rings. The highest BCUT2D eigenvalue weighted by Crippen LogP contribution is 2.35. The summed E-state index contributed by atoms with van der Waals surface area (Å²) in [5, 5.41) is 14.6. The van der Waals surface area contributed by atoms with Crippen molar-refractivity contribution >= 4 is 38.9 Å². The van der Waals surface area contributed by atoms with Crippen LogP contribution in [0.25, 0.3) is 11.3 Å². The molecule has 0 saturated carbocycles. The first-order valence-corrected chi connectivity index (χ1v) is 11.5. The van der Waals surface area contributed by atoms with E-state index in [0.717, 1.165) is 33.6 Å². The fourth-order valence-corrected chi connectivity index (χ4v) is 5.20. The van der Waals surface area contributed by atoms with Gasteiger partial charge in [-0.25, -0.2) is 4.98 Å². The Morgan fingerprint density at radius 1 is 1.26 bits per heavy atom. The Labute approximate surface area is 192 Å². The number of rotatable bonds is 5. The number of para-hydroxylation sites is 1. The molecule has 1 aliphatic heterocycles. The molecule has 1 aromatic heterocycles. The highest BCUT2D eigenvalue weighted by atomic mass is 79.9. The molecule has 31 heavy (non-hydrogen) atoms. The maximum atomic E-state index is 13.0. The van der Waals surface area contributed by atoms with Crippen LogP contribution in [0.5, 0.6) is 5.75 Å². The summed E-state index contributed by atoms with van der Waals surface area (Å²) in [6, 6.07) is 12.6. The van der Waals surface area contributed by atoms with Gasteiger partial charge in [0.25, 0.3) is 5.91 Å². The number of benzene rings is 2. The Bertz CT molecular complexity index is 1130. The van der Waals surface area contributed by atoms with Gasteiger partial charge in [0.05, 0.1) is 22.7 Å². The number of ether oxygens (including phenoxy) is 1. The average molecular weight is 502 g/mol. The summed E-state index contributed by atoms with van der Waals surface area (Å²) in [6.45, 7) is 1.06. The minimum absolute atomic E-state index is 0.0639. The van der Waals surface area contributed by atoms with Gasteiger partial charge in [-0.3, -0.25) is 14.9 Å². The molecule has 0 aliphatic carbocycles. The number of thiazole rings is 1. The zero-order valence-electron chi connectivity index (χ0n) is 16.8. The van der Waals surface area contributed by atoms with Crippen LogP contribution in [0.4, 0.5) is 5.69 Å². The van der Waals surface area contributed by atoms with Crippen LogP contribution in [0.15, 0.2) is 52.3 Å². The maximum absolute atomic E-state index is 13.0. The number of nitro groups is 1. The molecule has 7 nitrogen and oxygen atoms in total. The van der Waals surface area contributed by atoms with Crippen molar-refractivity contribution in [3.63, 3.8) is 0 Å². The molecular formula is C22H20BrN3O4S. The molecule has 0 bridgehead atoms. The molecule has 2 heterocycles. The lowest BCUT2D eigenvalue weighted by Crippen LogP contribution is -2.38. The Balaban J connectivity index is 1.46. The first-order chi connectivity index (χ1) is 15.0. The van der Waals surface area contributed by atoms with Crippen LogP contribution in [-0.2, 0) is 0 Å². The van der Waals surface area contributed by atoms with Gasteiger partial charge in [-0.2, -0.15) is 0 Å². The number of carbonyl (C=O) groups excluding carboxylic acids is 1. The van der Waals surface area contributed by atoms with Crippen LogP contribution in [0.3, 0.4) is 0 Å².